The van der Waals surface area contributed by atoms with Crippen molar-refractivity contribution in [3.8, 4) is 0 Å². The number of pyridine rings is 1. The number of imidazole rings is 1. The minimum Gasteiger partial charge on any atom is -0.308 e. The van der Waals surface area contributed by atoms with Crippen LogP contribution in [0.2, 0.25) is 0 Å². The molecular weight excluding hydrogens is 278 g/mol. The molecule has 1 aliphatic heterocycles. The smallest absolute Gasteiger partial charge is 0.160 e. The van der Waals surface area contributed by atoms with Gasteiger partial charge < -0.3 is 4.57 Å². The number of benzene rings is 1. The lowest BCUT2D eigenvalue weighted by molar-refractivity contribution is 0.550. The molecule has 1 aromatic carbocycles. The fraction of sp³-hybridized carbons (Fsp3) is 0.294. The number of aromatic nitrogens is 3. The van der Waals surface area contributed by atoms with E-state index in [9.17, 15) is 0 Å². The highest BCUT2D eigenvalue weighted by molar-refractivity contribution is 7.99. The number of rotatable bonds is 3. The Hall–Kier alpha value is -1.81. The van der Waals surface area contributed by atoms with Crippen molar-refractivity contribution in [3.63, 3.8) is 0 Å². The molecule has 4 heteroatoms. The SMILES string of the molecule is c1ccc(Cc2nc3cccnc3n2C2CCSC2)cc1. The summed E-state index contributed by atoms with van der Waals surface area (Å²) in [5, 5.41) is 0. The van der Waals surface area contributed by atoms with Crippen LogP contribution in [0.4, 0.5) is 0 Å². The van der Waals surface area contributed by atoms with Crippen molar-refractivity contribution in [3.05, 3.63) is 60.0 Å². The molecule has 106 valence electrons. The first-order chi connectivity index (χ1) is 10.4. The lowest BCUT2D eigenvalue weighted by atomic mass is 10.1. The second-order valence-electron chi connectivity index (χ2n) is 5.42. The van der Waals surface area contributed by atoms with E-state index < -0.39 is 0 Å². The maximum Gasteiger partial charge on any atom is 0.160 e. The molecule has 2 aromatic heterocycles. The Morgan fingerprint density at radius 2 is 2.05 bits per heavy atom. The van der Waals surface area contributed by atoms with Crippen LogP contribution in [0.3, 0.4) is 0 Å². The monoisotopic (exact) mass is 295 g/mol. The highest BCUT2D eigenvalue weighted by Gasteiger charge is 2.23. The summed E-state index contributed by atoms with van der Waals surface area (Å²) in [5.41, 5.74) is 3.36. The van der Waals surface area contributed by atoms with E-state index in [-0.39, 0.29) is 0 Å². The molecule has 1 atom stereocenters. The summed E-state index contributed by atoms with van der Waals surface area (Å²) in [6, 6.07) is 15.1. The van der Waals surface area contributed by atoms with Crippen molar-refractivity contribution in [2.24, 2.45) is 0 Å². The van der Waals surface area contributed by atoms with Gasteiger partial charge in [0.05, 0.1) is 0 Å². The third-order valence-electron chi connectivity index (χ3n) is 4.00. The number of hydrogen-bond acceptors (Lipinski definition) is 3. The first-order valence-electron chi connectivity index (χ1n) is 7.35. The molecule has 0 radical (unpaired) electrons. The minimum absolute atomic E-state index is 0.536. The second kappa shape index (κ2) is 5.53. The van der Waals surface area contributed by atoms with Crippen LogP contribution in [0.1, 0.15) is 23.9 Å². The first-order valence-corrected chi connectivity index (χ1v) is 8.51. The molecule has 3 aromatic rings. The van der Waals surface area contributed by atoms with Crippen LogP contribution in [-0.4, -0.2) is 26.0 Å². The van der Waals surface area contributed by atoms with Crippen molar-refractivity contribution in [1.82, 2.24) is 14.5 Å². The average molecular weight is 295 g/mol. The average Bonchev–Trinajstić information content (AvgIpc) is 3.14. The number of thioether (sulfide) groups is 1. The van der Waals surface area contributed by atoms with E-state index in [1.165, 1.54) is 23.5 Å². The lowest BCUT2D eigenvalue weighted by Gasteiger charge is -2.15. The van der Waals surface area contributed by atoms with Gasteiger partial charge in [-0.2, -0.15) is 11.8 Å². The highest BCUT2D eigenvalue weighted by atomic mass is 32.2. The predicted octanol–water partition coefficient (Wildman–Crippen LogP) is 3.70. The largest absolute Gasteiger partial charge is 0.308 e. The zero-order valence-corrected chi connectivity index (χ0v) is 12.6. The first kappa shape index (κ1) is 12.9. The molecule has 0 N–H and O–H groups in total. The molecule has 3 nitrogen and oxygen atoms in total. The molecule has 1 aliphatic rings. The Labute approximate surface area is 128 Å². The fourth-order valence-electron chi connectivity index (χ4n) is 2.99. The van der Waals surface area contributed by atoms with Crippen LogP contribution in [0, 0.1) is 0 Å². The molecule has 0 aliphatic carbocycles. The van der Waals surface area contributed by atoms with Gasteiger partial charge in [0.25, 0.3) is 0 Å². The molecule has 0 saturated carbocycles. The van der Waals surface area contributed by atoms with Crippen LogP contribution in [0.5, 0.6) is 0 Å². The third-order valence-corrected chi connectivity index (χ3v) is 5.14. The van der Waals surface area contributed by atoms with Crippen molar-refractivity contribution in [2.75, 3.05) is 11.5 Å². The molecule has 1 saturated heterocycles. The summed E-state index contributed by atoms with van der Waals surface area (Å²) in [6.07, 6.45) is 3.96. The Morgan fingerprint density at radius 3 is 2.86 bits per heavy atom. The predicted molar refractivity (Wildman–Crippen MR) is 87.8 cm³/mol. The summed E-state index contributed by atoms with van der Waals surface area (Å²) >= 11 is 2.03. The van der Waals surface area contributed by atoms with E-state index in [2.05, 4.69) is 45.9 Å². The highest BCUT2D eigenvalue weighted by Crippen LogP contribution is 2.32. The molecule has 0 amide bonds. The zero-order valence-electron chi connectivity index (χ0n) is 11.8. The third kappa shape index (κ3) is 2.44. The fourth-order valence-corrected chi connectivity index (χ4v) is 4.18. The van der Waals surface area contributed by atoms with E-state index in [0.717, 1.165) is 23.4 Å². The van der Waals surface area contributed by atoms with Gasteiger partial charge in [-0.05, 0) is 29.9 Å². The molecule has 4 rings (SSSR count). The zero-order chi connectivity index (χ0) is 14.1. The van der Waals surface area contributed by atoms with Crippen molar-refractivity contribution < 1.29 is 0 Å². The van der Waals surface area contributed by atoms with Gasteiger partial charge in [-0.25, -0.2) is 9.97 Å². The molecule has 1 fully saturated rings. The van der Waals surface area contributed by atoms with Crippen LogP contribution >= 0.6 is 11.8 Å². The van der Waals surface area contributed by atoms with Gasteiger partial charge >= 0.3 is 0 Å². The number of hydrogen-bond donors (Lipinski definition) is 0. The van der Waals surface area contributed by atoms with Gasteiger partial charge in [-0.15, -0.1) is 0 Å². The van der Waals surface area contributed by atoms with Crippen LogP contribution in [0.25, 0.3) is 11.2 Å². The Bertz CT molecular complexity index is 745. The molecule has 3 heterocycles. The standard InChI is InChI=1S/C17H17N3S/c1-2-5-13(6-3-1)11-16-19-15-7-4-9-18-17(15)20(16)14-8-10-21-12-14/h1-7,9,14H,8,10-12H2. The minimum atomic E-state index is 0.536. The van der Waals surface area contributed by atoms with E-state index in [1.807, 2.05) is 24.0 Å². The molecule has 0 spiro atoms. The van der Waals surface area contributed by atoms with Crippen LogP contribution < -0.4 is 0 Å². The summed E-state index contributed by atoms with van der Waals surface area (Å²) in [5.74, 6) is 3.55. The van der Waals surface area contributed by atoms with Gasteiger partial charge in [-0.3, -0.25) is 0 Å². The Balaban J connectivity index is 1.81. The normalized spacial score (nSPS) is 18.4. The van der Waals surface area contributed by atoms with Gasteiger partial charge in [0.2, 0.25) is 0 Å². The molecular formula is C17H17N3S. The topological polar surface area (TPSA) is 30.7 Å². The lowest BCUT2D eigenvalue weighted by Crippen LogP contribution is -2.12. The van der Waals surface area contributed by atoms with Crippen LogP contribution in [0.15, 0.2) is 48.7 Å². The van der Waals surface area contributed by atoms with Crippen molar-refractivity contribution in [2.45, 2.75) is 18.9 Å². The van der Waals surface area contributed by atoms with Gasteiger partial charge in [-0.1, -0.05) is 30.3 Å². The summed E-state index contributed by atoms with van der Waals surface area (Å²) < 4.78 is 2.38. The summed E-state index contributed by atoms with van der Waals surface area (Å²) in [6.45, 7) is 0. The van der Waals surface area contributed by atoms with Crippen LogP contribution in [-0.2, 0) is 6.42 Å². The maximum absolute atomic E-state index is 4.84. The quantitative estimate of drug-likeness (QED) is 0.738. The van der Waals surface area contributed by atoms with Gasteiger partial charge in [0, 0.05) is 24.4 Å². The van der Waals surface area contributed by atoms with Crippen molar-refractivity contribution in [1.29, 1.82) is 0 Å². The Kier molecular flexibility index (Phi) is 3.39. The number of nitrogens with zero attached hydrogens (tertiary/aromatic N) is 3. The summed E-state index contributed by atoms with van der Waals surface area (Å²) in [4.78, 5) is 9.42. The van der Waals surface area contributed by atoms with Crippen molar-refractivity contribution >= 4 is 22.9 Å². The molecule has 0 bridgehead atoms. The van der Waals surface area contributed by atoms with E-state index in [0.29, 0.717) is 6.04 Å². The maximum atomic E-state index is 4.84. The number of fused-ring (bicyclic) bond motifs is 1. The van der Waals surface area contributed by atoms with E-state index >= 15 is 0 Å². The van der Waals surface area contributed by atoms with Gasteiger partial charge in [0.15, 0.2) is 5.65 Å². The van der Waals surface area contributed by atoms with Gasteiger partial charge in [0.1, 0.15) is 11.3 Å². The summed E-state index contributed by atoms with van der Waals surface area (Å²) in [7, 11) is 0. The van der Waals surface area contributed by atoms with E-state index in [1.54, 1.807) is 0 Å². The molecule has 21 heavy (non-hydrogen) atoms. The Morgan fingerprint density at radius 1 is 1.14 bits per heavy atom. The second-order valence-corrected chi connectivity index (χ2v) is 6.57. The molecule has 1 unspecified atom stereocenters. The van der Waals surface area contributed by atoms with E-state index in [4.69, 9.17) is 4.98 Å².